The normalized spacial score (nSPS) is 16.6. The molecule has 5 nitrogen and oxygen atoms in total. The summed E-state index contributed by atoms with van der Waals surface area (Å²) in [6.45, 7) is 5.92. The fourth-order valence-corrected chi connectivity index (χ4v) is 4.31. The summed E-state index contributed by atoms with van der Waals surface area (Å²) >= 11 is 1.50. The molecular weight excluding hydrogens is 332 g/mol. The van der Waals surface area contributed by atoms with Crippen LogP contribution in [0.25, 0.3) is 0 Å². The standard InChI is InChI=1S/C19H26N4OS/c1-13-9-7-8-12-17(13)20-18(24)14(2)25-19-22-21-15(3)23(19)16-10-5-4-6-11-16/h7-9,12,14,16H,4-6,10-11H2,1-3H3,(H,20,24)/t14-/m1/s1. The molecule has 6 heteroatoms. The zero-order valence-corrected chi connectivity index (χ0v) is 16.0. The van der Waals surface area contributed by atoms with Gasteiger partial charge in [0.2, 0.25) is 5.91 Å². The molecule has 1 N–H and O–H groups in total. The maximum atomic E-state index is 12.6. The zero-order valence-electron chi connectivity index (χ0n) is 15.2. The van der Waals surface area contributed by atoms with Crippen molar-refractivity contribution in [1.29, 1.82) is 0 Å². The Hall–Kier alpha value is -1.82. The molecule has 0 radical (unpaired) electrons. The summed E-state index contributed by atoms with van der Waals surface area (Å²) in [5.74, 6) is 0.941. The minimum atomic E-state index is -0.231. The van der Waals surface area contributed by atoms with E-state index in [0.29, 0.717) is 6.04 Å². The van der Waals surface area contributed by atoms with Crippen LogP contribution in [-0.2, 0) is 4.79 Å². The first kappa shape index (κ1) is 18.0. The van der Waals surface area contributed by atoms with Crippen LogP contribution in [0.4, 0.5) is 5.69 Å². The van der Waals surface area contributed by atoms with Gasteiger partial charge in [-0.1, -0.05) is 49.2 Å². The van der Waals surface area contributed by atoms with E-state index < -0.39 is 0 Å². The van der Waals surface area contributed by atoms with Crippen LogP contribution < -0.4 is 5.32 Å². The summed E-state index contributed by atoms with van der Waals surface area (Å²) < 4.78 is 2.24. The van der Waals surface area contributed by atoms with E-state index in [9.17, 15) is 4.79 Å². The van der Waals surface area contributed by atoms with Crippen LogP contribution in [0.1, 0.15) is 56.5 Å². The van der Waals surface area contributed by atoms with Gasteiger partial charge in [0, 0.05) is 11.7 Å². The third-order valence-electron chi connectivity index (χ3n) is 4.83. The molecule has 1 saturated carbocycles. The number of nitrogens with one attached hydrogen (secondary N) is 1. The Balaban J connectivity index is 1.69. The molecule has 25 heavy (non-hydrogen) atoms. The topological polar surface area (TPSA) is 59.8 Å². The Bertz CT molecular complexity index is 737. The Morgan fingerprint density at radius 1 is 1.20 bits per heavy atom. The Morgan fingerprint density at radius 3 is 2.64 bits per heavy atom. The van der Waals surface area contributed by atoms with E-state index in [1.807, 2.05) is 45.0 Å². The second-order valence-corrected chi connectivity index (χ2v) is 8.06. The first-order valence-electron chi connectivity index (χ1n) is 9.01. The molecule has 1 atom stereocenters. The molecule has 1 aliphatic rings. The van der Waals surface area contributed by atoms with Crippen LogP contribution >= 0.6 is 11.8 Å². The number of amides is 1. The fourth-order valence-electron chi connectivity index (χ4n) is 3.35. The number of rotatable bonds is 5. The number of nitrogens with zero attached hydrogens (tertiary/aromatic N) is 3. The van der Waals surface area contributed by atoms with E-state index in [1.165, 1.54) is 43.9 Å². The smallest absolute Gasteiger partial charge is 0.237 e. The fraction of sp³-hybridized carbons (Fsp3) is 0.526. The van der Waals surface area contributed by atoms with Gasteiger partial charge in [0.15, 0.2) is 5.16 Å². The zero-order chi connectivity index (χ0) is 17.8. The van der Waals surface area contributed by atoms with E-state index >= 15 is 0 Å². The number of aromatic nitrogens is 3. The van der Waals surface area contributed by atoms with Gasteiger partial charge in [0.1, 0.15) is 5.82 Å². The average Bonchev–Trinajstić information content (AvgIpc) is 2.98. The molecule has 0 bridgehead atoms. The van der Waals surface area contributed by atoms with Gasteiger partial charge in [-0.25, -0.2) is 0 Å². The van der Waals surface area contributed by atoms with Gasteiger partial charge in [-0.3, -0.25) is 4.79 Å². The molecule has 3 rings (SSSR count). The SMILES string of the molecule is Cc1ccccc1NC(=O)[C@@H](C)Sc1nnc(C)n1C1CCCCC1. The second-order valence-electron chi connectivity index (χ2n) is 6.76. The van der Waals surface area contributed by atoms with Crippen LogP contribution in [0.15, 0.2) is 29.4 Å². The molecule has 0 spiro atoms. The molecule has 1 aromatic heterocycles. The highest BCUT2D eigenvalue weighted by molar-refractivity contribution is 8.00. The van der Waals surface area contributed by atoms with E-state index in [0.717, 1.165) is 22.2 Å². The lowest BCUT2D eigenvalue weighted by Gasteiger charge is -2.25. The molecule has 1 aromatic carbocycles. The Morgan fingerprint density at radius 2 is 1.92 bits per heavy atom. The Kier molecular flexibility index (Phi) is 5.78. The van der Waals surface area contributed by atoms with Gasteiger partial charge in [0.25, 0.3) is 0 Å². The molecule has 134 valence electrons. The highest BCUT2D eigenvalue weighted by Gasteiger charge is 2.24. The van der Waals surface area contributed by atoms with Crippen molar-refractivity contribution in [3.8, 4) is 0 Å². The first-order valence-corrected chi connectivity index (χ1v) is 9.89. The number of aryl methyl sites for hydroxylation is 2. The van der Waals surface area contributed by atoms with Crippen LogP contribution in [0.5, 0.6) is 0 Å². The summed E-state index contributed by atoms with van der Waals surface area (Å²) in [6, 6.07) is 8.30. The highest BCUT2D eigenvalue weighted by Crippen LogP contribution is 2.33. The van der Waals surface area contributed by atoms with Crippen LogP contribution in [0.3, 0.4) is 0 Å². The number of hydrogen-bond acceptors (Lipinski definition) is 4. The van der Waals surface area contributed by atoms with E-state index in [2.05, 4.69) is 20.1 Å². The van der Waals surface area contributed by atoms with E-state index in [-0.39, 0.29) is 11.2 Å². The number of carbonyl (C=O) groups excluding carboxylic acids is 1. The summed E-state index contributed by atoms with van der Waals surface area (Å²) in [7, 11) is 0. The lowest BCUT2D eigenvalue weighted by molar-refractivity contribution is -0.115. The third kappa shape index (κ3) is 4.24. The highest BCUT2D eigenvalue weighted by atomic mass is 32.2. The summed E-state index contributed by atoms with van der Waals surface area (Å²) in [5, 5.41) is 12.2. The molecule has 2 aromatic rings. The number of anilines is 1. The van der Waals surface area contributed by atoms with Crippen molar-refractivity contribution in [3.05, 3.63) is 35.7 Å². The number of carbonyl (C=O) groups is 1. The van der Waals surface area contributed by atoms with E-state index in [4.69, 9.17) is 0 Å². The molecule has 1 amide bonds. The predicted octanol–water partition coefficient (Wildman–Crippen LogP) is 4.52. The van der Waals surface area contributed by atoms with Crippen LogP contribution in [-0.4, -0.2) is 25.9 Å². The van der Waals surface area contributed by atoms with E-state index in [1.54, 1.807) is 0 Å². The molecule has 0 aliphatic heterocycles. The van der Waals surface area contributed by atoms with Crippen molar-refractivity contribution in [1.82, 2.24) is 14.8 Å². The minimum absolute atomic E-state index is 0.00449. The molecule has 1 aliphatic carbocycles. The van der Waals surface area contributed by atoms with Crippen molar-refractivity contribution in [2.24, 2.45) is 0 Å². The third-order valence-corrected chi connectivity index (χ3v) is 5.89. The molecule has 0 unspecified atom stereocenters. The Labute approximate surface area is 153 Å². The number of para-hydroxylation sites is 1. The molecule has 0 saturated heterocycles. The van der Waals surface area contributed by atoms with Crippen LogP contribution in [0.2, 0.25) is 0 Å². The largest absolute Gasteiger partial charge is 0.325 e. The van der Waals surface area contributed by atoms with Crippen LogP contribution in [0, 0.1) is 13.8 Å². The second kappa shape index (κ2) is 8.04. The first-order chi connectivity index (χ1) is 12.1. The maximum Gasteiger partial charge on any atom is 0.237 e. The molecule has 1 heterocycles. The van der Waals surface area contributed by atoms with Gasteiger partial charge in [-0.15, -0.1) is 10.2 Å². The van der Waals surface area contributed by atoms with Gasteiger partial charge < -0.3 is 9.88 Å². The summed E-state index contributed by atoms with van der Waals surface area (Å²) in [5.41, 5.74) is 1.93. The number of benzene rings is 1. The van der Waals surface area contributed by atoms with Crippen molar-refractivity contribution in [2.75, 3.05) is 5.32 Å². The monoisotopic (exact) mass is 358 g/mol. The summed E-state index contributed by atoms with van der Waals surface area (Å²) in [4.78, 5) is 12.6. The van der Waals surface area contributed by atoms with Gasteiger partial charge in [-0.05, 0) is 45.2 Å². The van der Waals surface area contributed by atoms with Gasteiger partial charge in [0.05, 0.1) is 5.25 Å². The summed E-state index contributed by atoms with van der Waals surface area (Å²) in [6.07, 6.45) is 6.19. The number of thioether (sulfide) groups is 1. The van der Waals surface area contributed by atoms with Gasteiger partial charge in [-0.2, -0.15) is 0 Å². The maximum absolute atomic E-state index is 12.6. The predicted molar refractivity (Wildman–Crippen MR) is 102 cm³/mol. The van der Waals surface area contributed by atoms with Crippen molar-refractivity contribution in [3.63, 3.8) is 0 Å². The lowest BCUT2D eigenvalue weighted by atomic mass is 9.95. The molecule has 1 fully saturated rings. The number of hydrogen-bond donors (Lipinski definition) is 1. The van der Waals surface area contributed by atoms with Gasteiger partial charge >= 0.3 is 0 Å². The van der Waals surface area contributed by atoms with Crippen molar-refractivity contribution >= 4 is 23.4 Å². The van der Waals surface area contributed by atoms with Crippen molar-refractivity contribution < 1.29 is 4.79 Å². The quantitative estimate of drug-likeness (QED) is 0.798. The van der Waals surface area contributed by atoms with Crippen molar-refractivity contribution in [2.45, 2.75) is 69.3 Å². The lowest BCUT2D eigenvalue weighted by Crippen LogP contribution is -2.24. The average molecular weight is 359 g/mol. The minimum Gasteiger partial charge on any atom is -0.325 e. The molecular formula is C19H26N4OS.